The molecule has 0 aromatic heterocycles. The minimum Gasteiger partial charge on any atom is -0.349 e. The summed E-state index contributed by atoms with van der Waals surface area (Å²) >= 11 is 0. The van der Waals surface area contributed by atoms with Crippen LogP contribution in [0.2, 0.25) is 0 Å². The first-order valence-corrected chi connectivity index (χ1v) is 7.60. The Balaban J connectivity index is 1.83. The SMILES string of the molecule is CC(C)Cc1ccccc1[C@H]1C[C@]2(C)CCO[C@@H]2OO1. The minimum atomic E-state index is -0.198. The van der Waals surface area contributed by atoms with Gasteiger partial charge in [-0.05, 0) is 36.3 Å². The molecule has 2 heterocycles. The van der Waals surface area contributed by atoms with Gasteiger partial charge < -0.3 is 4.74 Å². The van der Waals surface area contributed by atoms with Gasteiger partial charge in [0.15, 0.2) is 6.29 Å². The minimum absolute atomic E-state index is 0.0212. The van der Waals surface area contributed by atoms with Gasteiger partial charge in [0.25, 0.3) is 0 Å². The van der Waals surface area contributed by atoms with Crippen LogP contribution in [-0.4, -0.2) is 12.9 Å². The van der Waals surface area contributed by atoms with Crippen molar-refractivity contribution in [1.29, 1.82) is 0 Å². The second kappa shape index (κ2) is 5.47. The van der Waals surface area contributed by atoms with E-state index in [2.05, 4.69) is 45.0 Å². The fourth-order valence-corrected chi connectivity index (χ4v) is 3.27. The number of fused-ring (bicyclic) bond motifs is 1. The summed E-state index contributed by atoms with van der Waals surface area (Å²) in [5.41, 5.74) is 2.72. The van der Waals surface area contributed by atoms with Crippen LogP contribution in [0.4, 0.5) is 0 Å². The first-order valence-electron chi connectivity index (χ1n) is 7.60. The summed E-state index contributed by atoms with van der Waals surface area (Å²) in [6, 6.07) is 8.57. The van der Waals surface area contributed by atoms with Crippen LogP contribution in [0.25, 0.3) is 0 Å². The van der Waals surface area contributed by atoms with Crippen LogP contribution >= 0.6 is 0 Å². The maximum atomic E-state index is 5.64. The van der Waals surface area contributed by atoms with Gasteiger partial charge in [0.1, 0.15) is 6.10 Å². The molecule has 2 saturated heterocycles. The Kier molecular flexibility index (Phi) is 3.85. The third-order valence-electron chi connectivity index (χ3n) is 4.45. The summed E-state index contributed by atoms with van der Waals surface area (Å²) in [5, 5.41) is 0. The van der Waals surface area contributed by atoms with E-state index in [1.165, 1.54) is 11.1 Å². The number of rotatable bonds is 3. The summed E-state index contributed by atoms with van der Waals surface area (Å²) < 4.78 is 5.59. The molecular formula is C17H24O3. The molecule has 1 aromatic rings. The second-order valence-corrected chi connectivity index (χ2v) is 6.79. The topological polar surface area (TPSA) is 27.7 Å². The van der Waals surface area contributed by atoms with Gasteiger partial charge in [0.2, 0.25) is 0 Å². The molecule has 0 amide bonds. The monoisotopic (exact) mass is 276 g/mol. The number of ether oxygens (including phenoxy) is 1. The van der Waals surface area contributed by atoms with Crippen molar-refractivity contribution in [1.82, 2.24) is 0 Å². The highest BCUT2D eigenvalue weighted by Crippen LogP contribution is 2.48. The van der Waals surface area contributed by atoms with Crippen molar-refractivity contribution in [3.05, 3.63) is 35.4 Å². The molecule has 3 heteroatoms. The number of hydrogen-bond donors (Lipinski definition) is 0. The molecule has 0 bridgehead atoms. The van der Waals surface area contributed by atoms with E-state index in [9.17, 15) is 0 Å². The number of benzene rings is 1. The van der Waals surface area contributed by atoms with Crippen LogP contribution in [0, 0.1) is 11.3 Å². The molecule has 0 unspecified atom stereocenters. The van der Waals surface area contributed by atoms with Crippen molar-refractivity contribution < 1.29 is 14.5 Å². The average Bonchev–Trinajstić information content (AvgIpc) is 2.79. The Morgan fingerprint density at radius 3 is 2.85 bits per heavy atom. The van der Waals surface area contributed by atoms with Crippen molar-refractivity contribution in [2.75, 3.05) is 6.61 Å². The molecule has 20 heavy (non-hydrogen) atoms. The van der Waals surface area contributed by atoms with Crippen molar-refractivity contribution in [3.63, 3.8) is 0 Å². The molecular weight excluding hydrogens is 252 g/mol. The standard InChI is InChI=1S/C17H24O3/c1-12(2)10-13-6-4-5-7-14(13)15-11-17(3)8-9-18-16(17)20-19-15/h4-7,12,15-16H,8-11H2,1-3H3/t15-,16-,17+/m1/s1. The molecule has 0 N–H and O–H groups in total. The lowest BCUT2D eigenvalue weighted by molar-refractivity contribution is -0.439. The molecule has 3 nitrogen and oxygen atoms in total. The van der Waals surface area contributed by atoms with Crippen LogP contribution in [-0.2, 0) is 20.9 Å². The van der Waals surface area contributed by atoms with Crippen LogP contribution in [0.15, 0.2) is 24.3 Å². The third-order valence-corrected chi connectivity index (χ3v) is 4.45. The summed E-state index contributed by atoms with van der Waals surface area (Å²) in [4.78, 5) is 11.2. The fourth-order valence-electron chi connectivity index (χ4n) is 3.27. The van der Waals surface area contributed by atoms with Crippen molar-refractivity contribution in [2.24, 2.45) is 11.3 Å². The van der Waals surface area contributed by atoms with Gasteiger partial charge in [0.05, 0.1) is 6.61 Å². The maximum absolute atomic E-state index is 5.64. The molecule has 3 atom stereocenters. The van der Waals surface area contributed by atoms with Gasteiger partial charge >= 0.3 is 0 Å². The molecule has 1 aromatic carbocycles. The molecule has 3 rings (SSSR count). The molecule has 2 fully saturated rings. The van der Waals surface area contributed by atoms with Crippen LogP contribution in [0.5, 0.6) is 0 Å². The zero-order valence-corrected chi connectivity index (χ0v) is 12.6. The molecule has 0 aliphatic carbocycles. The van der Waals surface area contributed by atoms with E-state index >= 15 is 0 Å². The Morgan fingerprint density at radius 1 is 1.25 bits per heavy atom. The van der Waals surface area contributed by atoms with E-state index in [1.807, 2.05) is 0 Å². The number of hydrogen-bond acceptors (Lipinski definition) is 3. The van der Waals surface area contributed by atoms with E-state index in [0.29, 0.717) is 5.92 Å². The third kappa shape index (κ3) is 2.62. The second-order valence-electron chi connectivity index (χ2n) is 6.79. The van der Waals surface area contributed by atoms with Gasteiger partial charge in [-0.1, -0.05) is 45.0 Å². The van der Waals surface area contributed by atoms with Crippen molar-refractivity contribution in [2.45, 2.75) is 52.4 Å². The van der Waals surface area contributed by atoms with E-state index in [-0.39, 0.29) is 17.8 Å². The highest BCUT2D eigenvalue weighted by Gasteiger charge is 2.48. The van der Waals surface area contributed by atoms with Gasteiger partial charge in [-0.15, -0.1) is 0 Å². The van der Waals surface area contributed by atoms with Crippen LogP contribution in [0.3, 0.4) is 0 Å². The van der Waals surface area contributed by atoms with Gasteiger partial charge in [-0.25, -0.2) is 9.78 Å². The summed E-state index contributed by atoms with van der Waals surface area (Å²) in [6.45, 7) is 7.50. The van der Waals surface area contributed by atoms with Crippen molar-refractivity contribution in [3.8, 4) is 0 Å². The smallest absolute Gasteiger partial charge is 0.196 e. The highest BCUT2D eigenvalue weighted by molar-refractivity contribution is 5.30. The molecule has 110 valence electrons. The Hall–Kier alpha value is -0.900. The largest absolute Gasteiger partial charge is 0.349 e. The van der Waals surface area contributed by atoms with Crippen LogP contribution in [0.1, 0.15) is 50.8 Å². The fraction of sp³-hybridized carbons (Fsp3) is 0.647. The quantitative estimate of drug-likeness (QED) is 0.780. The Labute approximate surface area is 121 Å². The van der Waals surface area contributed by atoms with Gasteiger partial charge in [-0.2, -0.15) is 0 Å². The lowest BCUT2D eigenvalue weighted by Gasteiger charge is -2.38. The summed E-state index contributed by atoms with van der Waals surface area (Å²) in [6.07, 6.45) is 2.91. The Bertz CT molecular complexity index is 471. The lowest BCUT2D eigenvalue weighted by Crippen LogP contribution is -2.38. The molecule has 0 spiro atoms. The van der Waals surface area contributed by atoms with E-state index in [4.69, 9.17) is 14.5 Å². The lowest BCUT2D eigenvalue weighted by atomic mass is 9.79. The van der Waals surface area contributed by atoms with E-state index in [0.717, 1.165) is 25.9 Å². The van der Waals surface area contributed by atoms with Gasteiger partial charge in [-0.3, -0.25) is 0 Å². The van der Waals surface area contributed by atoms with Crippen molar-refractivity contribution >= 4 is 0 Å². The Morgan fingerprint density at radius 2 is 2.05 bits per heavy atom. The average molecular weight is 276 g/mol. The first kappa shape index (κ1) is 14.1. The molecule has 0 saturated carbocycles. The zero-order chi connectivity index (χ0) is 14.2. The predicted octanol–water partition coefficient (Wildman–Crippen LogP) is 4.03. The molecule has 2 aliphatic heterocycles. The normalized spacial score (nSPS) is 33.4. The molecule has 0 radical (unpaired) electrons. The van der Waals surface area contributed by atoms with Gasteiger partial charge in [0, 0.05) is 5.41 Å². The zero-order valence-electron chi connectivity index (χ0n) is 12.6. The summed E-state index contributed by atoms with van der Waals surface area (Å²) in [7, 11) is 0. The van der Waals surface area contributed by atoms with E-state index in [1.54, 1.807) is 0 Å². The summed E-state index contributed by atoms with van der Waals surface area (Å²) in [5.74, 6) is 0.638. The van der Waals surface area contributed by atoms with Crippen LogP contribution < -0.4 is 0 Å². The first-order chi connectivity index (χ1) is 9.58. The maximum Gasteiger partial charge on any atom is 0.196 e. The molecule has 2 aliphatic rings. The van der Waals surface area contributed by atoms with E-state index < -0.39 is 0 Å². The highest BCUT2D eigenvalue weighted by atomic mass is 17.2. The predicted molar refractivity (Wildman–Crippen MR) is 77.0 cm³/mol.